The quantitative estimate of drug-likeness (QED) is 0.519. The zero-order chi connectivity index (χ0) is 18.6. The maximum absolute atomic E-state index is 10.5. The maximum atomic E-state index is 10.5. The van der Waals surface area contributed by atoms with Gasteiger partial charge in [0.15, 0.2) is 0 Å². The van der Waals surface area contributed by atoms with Gasteiger partial charge in [-0.3, -0.25) is 10.1 Å². The van der Waals surface area contributed by atoms with Gasteiger partial charge < -0.3 is 10.2 Å². The fraction of sp³-hybridized carbons (Fsp3) is 0. The number of halogens is 1. The van der Waals surface area contributed by atoms with Crippen LogP contribution in [-0.4, -0.2) is 32.1 Å². The zero-order valence-electron chi connectivity index (χ0n) is 12.2. The number of hydrogen-bond acceptors (Lipinski definition) is 6. The van der Waals surface area contributed by atoms with Crippen LogP contribution >= 0.6 is 22.9 Å². The number of nitro benzene ring substituents is 1. The van der Waals surface area contributed by atoms with E-state index < -0.39 is 22.5 Å². The van der Waals surface area contributed by atoms with E-state index in [2.05, 4.69) is 4.98 Å². The highest BCUT2D eigenvalue weighted by atomic mass is 35.5. The van der Waals surface area contributed by atoms with Crippen LogP contribution in [-0.2, 0) is 0 Å². The van der Waals surface area contributed by atoms with E-state index in [0.29, 0.717) is 0 Å². The number of nitrogens with zero attached hydrogens (tertiary/aromatic N) is 2. The van der Waals surface area contributed by atoms with Gasteiger partial charge in [-0.2, -0.15) is 0 Å². The molecule has 3 rings (SSSR count). The highest BCUT2D eigenvalue weighted by Crippen LogP contribution is 2.24. The molecule has 0 aliphatic heterocycles. The van der Waals surface area contributed by atoms with Crippen molar-refractivity contribution in [3.63, 3.8) is 0 Å². The van der Waals surface area contributed by atoms with Crippen molar-refractivity contribution in [2.24, 2.45) is 0 Å². The molecule has 3 aromatic rings. The minimum absolute atomic E-state index is 0.0741. The third kappa shape index (κ3) is 4.49. The van der Waals surface area contributed by atoms with Crippen molar-refractivity contribution in [1.29, 1.82) is 0 Å². The first kappa shape index (κ1) is 18.3. The summed E-state index contributed by atoms with van der Waals surface area (Å²) < 4.78 is 1.01. The Morgan fingerprint density at radius 2 is 1.68 bits per heavy atom. The molecule has 0 radical (unpaired) electrons. The smallest absolute Gasteiger partial charge is 0.335 e. The zero-order valence-corrected chi connectivity index (χ0v) is 13.8. The number of nitro groups is 1. The summed E-state index contributed by atoms with van der Waals surface area (Å²) in [6, 6.07) is 8.25. The topological polar surface area (TPSA) is 131 Å². The van der Waals surface area contributed by atoms with Crippen LogP contribution < -0.4 is 0 Å². The predicted octanol–water partition coefficient (Wildman–Crippen LogP) is 3.94. The molecule has 0 aliphatic carbocycles. The fourth-order valence-electron chi connectivity index (χ4n) is 1.78. The van der Waals surface area contributed by atoms with Crippen molar-refractivity contribution in [1.82, 2.24) is 4.98 Å². The Morgan fingerprint density at radius 3 is 2.28 bits per heavy atom. The second kappa shape index (κ2) is 7.69. The van der Waals surface area contributed by atoms with E-state index in [0.717, 1.165) is 16.3 Å². The molecule has 2 N–H and O–H groups in total. The summed E-state index contributed by atoms with van der Waals surface area (Å²) in [7, 11) is 0. The van der Waals surface area contributed by atoms with E-state index in [4.69, 9.17) is 21.8 Å². The van der Waals surface area contributed by atoms with Crippen molar-refractivity contribution < 1.29 is 24.7 Å². The molecule has 10 heteroatoms. The summed E-state index contributed by atoms with van der Waals surface area (Å²) in [5.41, 5.74) is 2.18. The van der Waals surface area contributed by atoms with Gasteiger partial charge in [0.2, 0.25) is 0 Å². The number of aromatic nitrogens is 1. The Bertz CT molecular complexity index is 972. The van der Waals surface area contributed by atoms with Crippen molar-refractivity contribution >= 4 is 50.8 Å². The highest BCUT2D eigenvalue weighted by Gasteiger charge is 2.15. The predicted molar refractivity (Wildman–Crippen MR) is 91.6 cm³/mol. The van der Waals surface area contributed by atoms with E-state index in [-0.39, 0.29) is 16.1 Å². The van der Waals surface area contributed by atoms with Crippen LogP contribution in [0.5, 0.6) is 0 Å². The van der Waals surface area contributed by atoms with E-state index in [1.54, 1.807) is 23.7 Å². The molecule has 0 aliphatic rings. The molecule has 0 bridgehead atoms. The lowest BCUT2D eigenvalue weighted by molar-refractivity contribution is -0.384. The number of hydrogen-bond donors (Lipinski definition) is 2. The second-order valence-corrected chi connectivity index (χ2v) is 5.86. The molecule has 0 spiro atoms. The lowest BCUT2D eigenvalue weighted by Gasteiger charge is -1.96. The number of fused-ring (bicyclic) bond motifs is 1. The summed E-state index contributed by atoms with van der Waals surface area (Å²) >= 11 is 6.96. The molecular formula is C15H9ClN2O6S. The van der Waals surface area contributed by atoms with Gasteiger partial charge in [0.1, 0.15) is 5.02 Å². The highest BCUT2D eigenvalue weighted by molar-refractivity contribution is 7.16. The van der Waals surface area contributed by atoms with Crippen molar-refractivity contribution in [2.45, 2.75) is 0 Å². The fourth-order valence-corrected chi connectivity index (χ4v) is 2.62. The van der Waals surface area contributed by atoms with E-state index in [1.165, 1.54) is 23.5 Å². The molecule has 0 saturated carbocycles. The Balaban J connectivity index is 0.000000181. The van der Waals surface area contributed by atoms with Crippen LogP contribution in [0.1, 0.15) is 20.7 Å². The van der Waals surface area contributed by atoms with Gasteiger partial charge in [-0.05, 0) is 30.3 Å². The van der Waals surface area contributed by atoms with Crippen LogP contribution in [0.15, 0.2) is 41.9 Å². The lowest BCUT2D eigenvalue weighted by Crippen LogP contribution is -1.98. The lowest BCUT2D eigenvalue weighted by atomic mass is 10.2. The normalized spacial score (nSPS) is 9.96. The standard InChI is InChI=1S/C8H5NO2S.C7H4ClNO4/c10-8(11)5-1-2-7-6(3-5)9-4-12-7;8-5-2-1-4(7(10)11)3-6(5)9(12)13/h1-4H,(H,10,11);1-3H,(H,10,11). The molecule has 25 heavy (non-hydrogen) atoms. The van der Waals surface area contributed by atoms with Gasteiger partial charge in [-0.1, -0.05) is 11.6 Å². The van der Waals surface area contributed by atoms with E-state index in [1.807, 2.05) is 0 Å². The number of carboxylic acids is 2. The molecule has 0 amide bonds. The third-order valence-corrected chi connectivity index (χ3v) is 4.10. The maximum Gasteiger partial charge on any atom is 0.335 e. The number of thiazole rings is 1. The minimum atomic E-state index is -1.22. The first-order chi connectivity index (χ1) is 11.8. The number of carboxylic acid groups (broad SMARTS) is 2. The Kier molecular flexibility index (Phi) is 5.63. The summed E-state index contributed by atoms with van der Waals surface area (Å²) in [5.74, 6) is -2.13. The van der Waals surface area contributed by atoms with Crippen molar-refractivity contribution in [2.75, 3.05) is 0 Å². The largest absolute Gasteiger partial charge is 0.478 e. The minimum Gasteiger partial charge on any atom is -0.478 e. The SMILES string of the molecule is O=C(O)c1ccc(Cl)c([N+](=O)[O-])c1.O=C(O)c1ccc2scnc2c1. The summed E-state index contributed by atoms with van der Waals surface area (Å²) in [6.07, 6.45) is 0. The van der Waals surface area contributed by atoms with Crippen molar-refractivity contribution in [3.05, 3.63) is 68.2 Å². The van der Waals surface area contributed by atoms with Crippen LogP contribution in [0.4, 0.5) is 5.69 Å². The molecule has 2 aromatic carbocycles. The average Bonchev–Trinajstić information content (AvgIpc) is 3.02. The van der Waals surface area contributed by atoms with Crippen LogP contribution in [0.25, 0.3) is 10.2 Å². The number of rotatable bonds is 3. The molecule has 1 aromatic heterocycles. The number of carbonyl (C=O) groups is 2. The van der Waals surface area contributed by atoms with Gasteiger partial charge in [0.05, 0.1) is 31.8 Å². The van der Waals surface area contributed by atoms with Crippen LogP contribution in [0, 0.1) is 10.1 Å². The first-order valence-corrected chi connectivity index (χ1v) is 7.79. The molecule has 0 saturated heterocycles. The van der Waals surface area contributed by atoms with Gasteiger partial charge in [-0.15, -0.1) is 11.3 Å². The van der Waals surface area contributed by atoms with E-state index in [9.17, 15) is 19.7 Å². The van der Waals surface area contributed by atoms with Crippen molar-refractivity contribution in [3.8, 4) is 0 Å². The summed E-state index contributed by atoms with van der Waals surface area (Å²) in [6.45, 7) is 0. The van der Waals surface area contributed by atoms with Gasteiger partial charge in [-0.25, -0.2) is 14.6 Å². The average molecular weight is 381 g/mol. The number of aromatic carboxylic acids is 2. The molecule has 128 valence electrons. The van der Waals surface area contributed by atoms with Crippen LogP contribution in [0.2, 0.25) is 5.02 Å². The monoisotopic (exact) mass is 380 g/mol. The molecule has 0 fully saturated rings. The second-order valence-electron chi connectivity index (χ2n) is 4.57. The molecule has 0 unspecified atom stereocenters. The Labute approximate surface area is 149 Å². The van der Waals surface area contributed by atoms with Gasteiger partial charge in [0.25, 0.3) is 5.69 Å². The van der Waals surface area contributed by atoms with Crippen LogP contribution in [0.3, 0.4) is 0 Å². The van der Waals surface area contributed by atoms with E-state index >= 15 is 0 Å². The molecule has 8 nitrogen and oxygen atoms in total. The Hall–Kier alpha value is -3.04. The molecule has 1 heterocycles. The summed E-state index contributed by atoms with van der Waals surface area (Å²) in [4.78, 5) is 34.6. The first-order valence-electron chi connectivity index (χ1n) is 6.53. The van der Waals surface area contributed by atoms with Gasteiger partial charge in [0, 0.05) is 6.07 Å². The number of benzene rings is 2. The molecular weight excluding hydrogens is 372 g/mol. The van der Waals surface area contributed by atoms with Gasteiger partial charge >= 0.3 is 11.9 Å². The molecule has 0 atom stereocenters. The Morgan fingerprint density at radius 1 is 1.08 bits per heavy atom. The third-order valence-electron chi connectivity index (χ3n) is 2.97. The summed E-state index contributed by atoms with van der Waals surface area (Å²) in [5, 5.41) is 27.4.